The second kappa shape index (κ2) is 8.25. The largest absolute Gasteiger partial charge is 0.467 e. The molecule has 0 unspecified atom stereocenters. The molecule has 28 heavy (non-hydrogen) atoms. The molecule has 0 N–H and O–H groups in total. The first-order valence-corrected chi connectivity index (χ1v) is 9.93. The van der Waals surface area contributed by atoms with Crippen LogP contribution in [0.25, 0.3) is 0 Å². The average molecular weight is 386 g/mol. The van der Waals surface area contributed by atoms with Gasteiger partial charge in [-0.05, 0) is 42.5 Å². The summed E-state index contributed by atoms with van der Waals surface area (Å²) in [6, 6.07) is 7.87. The zero-order valence-electron chi connectivity index (χ0n) is 17.4. The van der Waals surface area contributed by atoms with E-state index >= 15 is 0 Å². The van der Waals surface area contributed by atoms with Gasteiger partial charge in [0.25, 0.3) is 0 Å². The molecular weight excluding hydrogens is 354 g/mol. The first-order valence-electron chi connectivity index (χ1n) is 9.93. The summed E-state index contributed by atoms with van der Waals surface area (Å²) in [5.41, 5.74) is 0.948. The minimum Gasteiger partial charge on any atom is -0.467 e. The van der Waals surface area contributed by atoms with Crippen LogP contribution in [0.3, 0.4) is 0 Å². The number of amides is 2. The number of rotatable bonds is 8. The fourth-order valence-corrected chi connectivity index (χ4v) is 3.29. The van der Waals surface area contributed by atoms with Gasteiger partial charge in [0.2, 0.25) is 11.8 Å². The topological polar surface area (TPSA) is 58.7 Å². The van der Waals surface area contributed by atoms with Gasteiger partial charge in [-0.1, -0.05) is 20.8 Å². The maximum atomic E-state index is 13.2. The lowest BCUT2D eigenvalue weighted by Crippen LogP contribution is -2.44. The lowest BCUT2D eigenvalue weighted by molar-refractivity contribution is -0.143. The van der Waals surface area contributed by atoms with Gasteiger partial charge >= 0.3 is 0 Å². The van der Waals surface area contributed by atoms with Gasteiger partial charge in [0.05, 0.1) is 19.4 Å². The van der Waals surface area contributed by atoms with Crippen LogP contribution in [0.4, 0.5) is 0 Å². The number of hydrogen-bond donors (Lipinski definition) is 0. The van der Waals surface area contributed by atoms with Crippen molar-refractivity contribution in [2.45, 2.75) is 59.2 Å². The third kappa shape index (κ3) is 5.50. The first kappa shape index (κ1) is 20.2. The molecule has 0 saturated heterocycles. The molecule has 6 nitrogen and oxygen atoms in total. The smallest absolute Gasteiger partial charge is 0.242 e. The molecule has 2 aromatic rings. The number of furan rings is 1. The van der Waals surface area contributed by atoms with Crippen LogP contribution in [0.5, 0.6) is 0 Å². The number of hydrogen-bond acceptors (Lipinski definition) is 3. The van der Waals surface area contributed by atoms with Gasteiger partial charge in [0, 0.05) is 31.4 Å². The summed E-state index contributed by atoms with van der Waals surface area (Å²) in [5.74, 6) is 0.758. The van der Waals surface area contributed by atoms with Crippen LogP contribution in [0, 0.1) is 5.41 Å². The van der Waals surface area contributed by atoms with E-state index in [1.165, 1.54) is 0 Å². The van der Waals surface area contributed by atoms with Crippen molar-refractivity contribution in [2.75, 3.05) is 6.54 Å². The maximum absolute atomic E-state index is 13.2. The summed E-state index contributed by atoms with van der Waals surface area (Å²) in [4.78, 5) is 29.6. The highest BCUT2D eigenvalue weighted by Crippen LogP contribution is 2.30. The minimum atomic E-state index is -0.0931. The van der Waals surface area contributed by atoms with Crippen molar-refractivity contribution in [3.05, 3.63) is 48.2 Å². The average Bonchev–Trinajstić information content (AvgIpc) is 3.16. The van der Waals surface area contributed by atoms with Crippen LogP contribution >= 0.6 is 0 Å². The van der Waals surface area contributed by atoms with Crippen LogP contribution in [-0.4, -0.2) is 38.8 Å². The van der Waals surface area contributed by atoms with Crippen molar-refractivity contribution in [3.8, 4) is 0 Å². The molecule has 0 spiro atoms. The van der Waals surface area contributed by atoms with Gasteiger partial charge in [0.15, 0.2) is 0 Å². The summed E-state index contributed by atoms with van der Waals surface area (Å²) >= 11 is 0. The molecule has 0 radical (unpaired) electrons. The van der Waals surface area contributed by atoms with Crippen LogP contribution in [0.2, 0.25) is 0 Å². The molecule has 1 fully saturated rings. The van der Waals surface area contributed by atoms with Crippen molar-refractivity contribution in [3.63, 3.8) is 0 Å². The van der Waals surface area contributed by atoms with Crippen LogP contribution < -0.4 is 0 Å². The minimum absolute atomic E-state index is 0.0493. The predicted molar refractivity (Wildman–Crippen MR) is 107 cm³/mol. The molecule has 0 bridgehead atoms. The second-order valence-corrected chi connectivity index (χ2v) is 8.93. The van der Waals surface area contributed by atoms with E-state index in [9.17, 15) is 9.59 Å². The lowest BCUT2D eigenvalue weighted by Gasteiger charge is -2.29. The Kier molecular flexibility index (Phi) is 5.96. The van der Waals surface area contributed by atoms with E-state index in [0.29, 0.717) is 19.5 Å². The maximum Gasteiger partial charge on any atom is 0.242 e. The molecule has 1 aliphatic carbocycles. The third-order valence-electron chi connectivity index (χ3n) is 4.98. The number of nitrogens with zero attached hydrogens (tertiary/aromatic N) is 3. The van der Waals surface area contributed by atoms with E-state index in [1.807, 2.05) is 42.1 Å². The zero-order chi connectivity index (χ0) is 20.3. The van der Waals surface area contributed by atoms with Crippen LogP contribution in [0.1, 0.15) is 51.5 Å². The highest BCUT2D eigenvalue weighted by molar-refractivity contribution is 5.85. The van der Waals surface area contributed by atoms with Gasteiger partial charge in [-0.25, -0.2) is 0 Å². The Bertz CT molecular complexity index is 797. The number of carbonyl (C=O) groups is 2. The second-order valence-electron chi connectivity index (χ2n) is 8.93. The Morgan fingerprint density at radius 3 is 2.43 bits per heavy atom. The normalized spacial score (nSPS) is 14.1. The number of carbonyl (C=O) groups excluding carboxylic acids is 2. The summed E-state index contributed by atoms with van der Waals surface area (Å²) < 4.78 is 7.47. The fourth-order valence-electron chi connectivity index (χ4n) is 3.29. The molecule has 6 heteroatoms. The molecule has 0 aromatic carbocycles. The Labute approximate surface area is 167 Å². The van der Waals surface area contributed by atoms with Gasteiger partial charge < -0.3 is 18.8 Å². The van der Waals surface area contributed by atoms with Gasteiger partial charge in [0.1, 0.15) is 12.3 Å². The van der Waals surface area contributed by atoms with E-state index in [0.717, 1.165) is 24.3 Å². The van der Waals surface area contributed by atoms with E-state index < -0.39 is 0 Å². The Morgan fingerprint density at radius 1 is 1.14 bits per heavy atom. The van der Waals surface area contributed by atoms with Crippen molar-refractivity contribution >= 4 is 11.8 Å². The van der Waals surface area contributed by atoms with Crippen molar-refractivity contribution in [1.82, 2.24) is 14.4 Å². The summed E-state index contributed by atoms with van der Waals surface area (Å²) in [5, 5.41) is 0. The van der Waals surface area contributed by atoms with Gasteiger partial charge in [-0.3, -0.25) is 9.59 Å². The monoisotopic (exact) mass is 385 g/mol. The number of aromatic nitrogens is 1. The molecule has 2 heterocycles. The van der Waals surface area contributed by atoms with Crippen molar-refractivity contribution in [2.24, 2.45) is 12.5 Å². The SMILES string of the molecule is Cn1cccc1CN(Cc1ccco1)C(=O)CN(C(=O)CC(C)(C)C)C1CC1. The zero-order valence-corrected chi connectivity index (χ0v) is 17.4. The Balaban J connectivity index is 1.73. The predicted octanol–water partition coefficient (Wildman–Crippen LogP) is 3.57. The molecule has 3 rings (SSSR count). The van der Waals surface area contributed by atoms with E-state index in [4.69, 9.17) is 4.42 Å². The highest BCUT2D eigenvalue weighted by atomic mass is 16.3. The quantitative estimate of drug-likeness (QED) is 0.698. The van der Waals surface area contributed by atoms with Crippen molar-refractivity contribution < 1.29 is 14.0 Å². The van der Waals surface area contributed by atoms with Crippen molar-refractivity contribution in [1.29, 1.82) is 0 Å². The van der Waals surface area contributed by atoms with E-state index in [1.54, 1.807) is 16.1 Å². The highest BCUT2D eigenvalue weighted by Gasteiger charge is 2.36. The summed E-state index contributed by atoms with van der Waals surface area (Å²) in [7, 11) is 1.97. The van der Waals surface area contributed by atoms with Gasteiger partial charge in [-0.15, -0.1) is 0 Å². The van der Waals surface area contributed by atoms with E-state index in [2.05, 4.69) is 20.8 Å². The van der Waals surface area contributed by atoms with Gasteiger partial charge in [-0.2, -0.15) is 0 Å². The summed E-state index contributed by atoms with van der Waals surface area (Å²) in [6.07, 6.45) is 6.00. The molecule has 152 valence electrons. The Hall–Kier alpha value is -2.50. The molecule has 2 aromatic heterocycles. The molecule has 2 amide bonds. The molecule has 0 atom stereocenters. The van der Waals surface area contributed by atoms with E-state index in [-0.39, 0.29) is 29.8 Å². The van der Waals surface area contributed by atoms with Crippen LogP contribution in [0.15, 0.2) is 41.1 Å². The standard InChI is InChI=1S/C22H31N3O3/c1-22(2,3)13-20(26)25(17-9-10-17)16-21(27)24(15-19-8-6-12-28-19)14-18-7-5-11-23(18)4/h5-8,11-12,17H,9-10,13-16H2,1-4H3. The third-order valence-corrected chi connectivity index (χ3v) is 4.98. The lowest BCUT2D eigenvalue weighted by atomic mass is 9.91. The Morgan fingerprint density at radius 2 is 1.89 bits per heavy atom. The number of aryl methyl sites for hydroxylation is 1. The molecule has 1 aliphatic rings. The molecule has 1 saturated carbocycles. The summed E-state index contributed by atoms with van der Waals surface area (Å²) in [6.45, 7) is 7.16. The molecule has 0 aliphatic heterocycles. The first-order chi connectivity index (χ1) is 13.2. The molecular formula is C22H31N3O3. The van der Waals surface area contributed by atoms with Crippen LogP contribution in [-0.2, 0) is 29.7 Å². The fraction of sp³-hybridized carbons (Fsp3) is 0.545.